The van der Waals surface area contributed by atoms with Crippen molar-refractivity contribution in [1.29, 1.82) is 0 Å². The van der Waals surface area contributed by atoms with Gasteiger partial charge in [0.15, 0.2) is 23.1 Å². The lowest BCUT2D eigenvalue weighted by molar-refractivity contribution is -0.137. The number of halogens is 2. The van der Waals surface area contributed by atoms with Gasteiger partial charge in [0.25, 0.3) is 0 Å². The summed E-state index contributed by atoms with van der Waals surface area (Å²) in [7, 11) is 1.52. The van der Waals surface area contributed by atoms with E-state index in [9.17, 15) is 19.5 Å². The standard InChI is InChI=1S/C34H37Cl2NO6/c1-33(2)14-23-30(25(38)16-33)29(31-24(37(23)11-10-28(40)41)15-34(3,4)17-26(31)39)20-12-22(36)32(27(13-20)42-5)43-18-19-8-6-7-9-21(19)35/h6-9,12-13,29H,10-11,14-18H2,1-5H3,(H,40,41). The first kappa shape index (κ1) is 31.1. The lowest BCUT2D eigenvalue weighted by Crippen LogP contribution is -2.45. The molecule has 0 spiro atoms. The number of ketones is 2. The number of carboxylic acids is 1. The van der Waals surface area contributed by atoms with Crippen LogP contribution in [0, 0.1) is 10.8 Å². The number of benzene rings is 2. The Balaban J connectivity index is 1.67. The first-order valence-electron chi connectivity index (χ1n) is 14.5. The Morgan fingerprint density at radius 3 is 2.05 bits per heavy atom. The lowest BCUT2D eigenvalue weighted by atomic mass is 9.63. The fraction of sp³-hybridized carbons (Fsp3) is 0.441. The van der Waals surface area contributed by atoms with Crippen LogP contribution < -0.4 is 9.47 Å². The smallest absolute Gasteiger partial charge is 0.305 e. The minimum Gasteiger partial charge on any atom is -0.493 e. The summed E-state index contributed by atoms with van der Waals surface area (Å²) in [6.07, 6.45) is 1.69. The Morgan fingerprint density at radius 2 is 1.51 bits per heavy atom. The van der Waals surface area contributed by atoms with Gasteiger partial charge < -0.3 is 19.5 Å². The third kappa shape index (κ3) is 6.20. The third-order valence-electron chi connectivity index (χ3n) is 8.49. The Hall–Kier alpha value is -3.29. The molecule has 0 amide bonds. The molecule has 0 saturated heterocycles. The Labute approximate surface area is 262 Å². The molecule has 0 bridgehead atoms. The summed E-state index contributed by atoms with van der Waals surface area (Å²) >= 11 is 13.2. The second-order valence-corrected chi connectivity index (χ2v) is 14.1. The third-order valence-corrected chi connectivity index (χ3v) is 9.14. The van der Waals surface area contributed by atoms with Crippen LogP contribution in [0.5, 0.6) is 11.5 Å². The molecule has 1 aliphatic heterocycles. The molecule has 0 radical (unpaired) electrons. The fourth-order valence-electron chi connectivity index (χ4n) is 6.67. The average molecular weight is 627 g/mol. The van der Waals surface area contributed by atoms with Crippen LogP contribution in [0.2, 0.25) is 10.0 Å². The van der Waals surface area contributed by atoms with E-state index >= 15 is 0 Å². The molecule has 9 heteroatoms. The van der Waals surface area contributed by atoms with Gasteiger partial charge in [-0.2, -0.15) is 0 Å². The SMILES string of the molecule is COc1cc(C2C3=C(CC(C)(C)CC3=O)N(CCC(=O)O)C3=C2C(=O)CC(C)(C)C3)cc(Cl)c1OCc1ccccc1Cl. The van der Waals surface area contributed by atoms with Crippen molar-refractivity contribution in [3.63, 3.8) is 0 Å². The minimum absolute atomic E-state index is 0.0464. The summed E-state index contributed by atoms with van der Waals surface area (Å²) < 4.78 is 11.8. The highest BCUT2D eigenvalue weighted by Crippen LogP contribution is 2.55. The summed E-state index contributed by atoms with van der Waals surface area (Å²) in [6.45, 7) is 8.54. The van der Waals surface area contributed by atoms with Crippen molar-refractivity contribution in [2.45, 2.75) is 72.3 Å². The van der Waals surface area contributed by atoms with Crippen LogP contribution in [0.25, 0.3) is 0 Å². The molecule has 1 N–H and O–H groups in total. The van der Waals surface area contributed by atoms with Crippen LogP contribution in [-0.2, 0) is 21.0 Å². The first-order chi connectivity index (χ1) is 20.2. The number of carboxylic acid groups (broad SMARTS) is 1. The van der Waals surface area contributed by atoms with Gasteiger partial charge in [0, 0.05) is 58.4 Å². The maximum absolute atomic E-state index is 14.0. The molecule has 0 saturated carbocycles. The normalized spacial score (nSPS) is 19.7. The van der Waals surface area contributed by atoms with Gasteiger partial charge in [0.1, 0.15) is 6.61 Å². The number of hydrogen-bond acceptors (Lipinski definition) is 6. The number of carbonyl (C=O) groups excluding carboxylic acids is 2. The largest absolute Gasteiger partial charge is 0.493 e. The number of aliphatic carboxylic acids is 1. The number of ether oxygens (including phenoxy) is 2. The average Bonchev–Trinajstić information content (AvgIpc) is 2.89. The van der Waals surface area contributed by atoms with E-state index in [-0.39, 0.29) is 47.0 Å². The summed E-state index contributed by atoms with van der Waals surface area (Å²) in [6, 6.07) is 10.9. The van der Waals surface area contributed by atoms with Gasteiger partial charge in [-0.25, -0.2) is 0 Å². The van der Waals surface area contributed by atoms with Crippen molar-refractivity contribution < 1.29 is 29.0 Å². The molecule has 0 fully saturated rings. The van der Waals surface area contributed by atoms with Crippen molar-refractivity contribution in [3.8, 4) is 11.5 Å². The van der Waals surface area contributed by atoms with Crippen molar-refractivity contribution in [1.82, 2.24) is 4.90 Å². The molecule has 1 heterocycles. The quantitative estimate of drug-likeness (QED) is 0.320. The Bertz CT molecular complexity index is 1520. The first-order valence-corrected chi connectivity index (χ1v) is 15.2. The van der Waals surface area contributed by atoms with Crippen LogP contribution in [0.15, 0.2) is 58.9 Å². The van der Waals surface area contributed by atoms with Crippen LogP contribution in [0.3, 0.4) is 0 Å². The highest BCUT2D eigenvalue weighted by molar-refractivity contribution is 6.32. The number of nitrogens with zero attached hydrogens (tertiary/aromatic N) is 1. The zero-order chi connectivity index (χ0) is 31.3. The van der Waals surface area contributed by atoms with Crippen LogP contribution in [0.1, 0.15) is 76.8 Å². The molecule has 5 rings (SSSR count). The Kier molecular flexibility index (Phi) is 8.45. The highest BCUT2D eigenvalue weighted by atomic mass is 35.5. The van der Waals surface area contributed by atoms with E-state index in [4.69, 9.17) is 32.7 Å². The van der Waals surface area contributed by atoms with Gasteiger partial charge in [-0.1, -0.05) is 69.1 Å². The van der Waals surface area contributed by atoms with Crippen molar-refractivity contribution in [2.75, 3.05) is 13.7 Å². The molecule has 228 valence electrons. The van der Waals surface area contributed by atoms with E-state index < -0.39 is 11.9 Å². The molecular formula is C34H37Cl2NO6. The topological polar surface area (TPSA) is 93.1 Å². The molecule has 0 atom stereocenters. The van der Waals surface area contributed by atoms with Crippen molar-refractivity contribution in [2.24, 2.45) is 10.8 Å². The van der Waals surface area contributed by atoms with Gasteiger partial charge in [0.2, 0.25) is 0 Å². The second kappa shape index (κ2) is 11.7. The van der Waals surface area contributed by atoms with Crippen molar-refractivity contribution in [3.05, 3.63) is 80.1 Å². The molecule has 2 aliphatic carbocycles. The van der Waals surface area contributed by atoms with Gasteiger partial charge >= 0.3 is 5.97 Å². The molecule has 0 unspecified atom stereocenters. The summed E-state index contributed by atoms with van der Waals surface area (Å²) in [5.74, 6) is -0.966. The fourth-order valence-corrected chi connectivity index (χ4v) is 7.13. The zero-order valence-corrected chi connectivity index (χ0v) is 26.7. The van der Waals surface area contributed by atoms with Gasteiger partial charge in [-0.3, -0.25) is 14.4 Å². The zero-order valence-electron chi connectivity index (χ0n) is 25.2. The second-order valence-electron chi connectivity index (χ2n) is 13.2. The van der Waals surface area contributed by atoms with E-state index in [1.165, 1.54) is 7.11 Å². The lowest BCUT2D eigenvalue weighted by Gasteiger charge is -2.49. The van der Waals surface area contributed by atoms with Gasteiger partial charge in [0.05, 0.1) is 18.6 Å². The number of methoxy groups -OCH3 is 1. The van der Waals surface area contributed by atoms with Crippen molar-refractivity contribution >= 4 is 40.7 Å². The van der Waals surface area contributed by atoms with Gasteiger partial charge in [-0.05, 0) is 47.4 Å². The highest BCUT2D eigenvalue weighted by Gasteiger charge is 2.49. The molecule has 43 heavy (non-hydrogen) atoms. The van der Waals surface area contributed by atoms with E-state index in [0.29, 0.717) is 58.9 Å². The molecule has 2 aromatic rings. The number of hydrogen-bond donors (Lipinski definition) is 1. The van der Waals surface area contributed by atoms with E-state index in [1.807, 2.05) is 50.8 Å². The summed E-state index contributed by atoms with van der Waals surface area (Å²) in [5.41, 5.74) is 3.48. The molecular weight excluding hydrogens is 589 g/mol. The number of carbonyl (C=O) groups is 3. The maximum atomic E-state index is 14.0. The van der Waals surface area contributed by atoms with Crippen LogP contribution >= 0.6 is 23.2 Å². The predicted molar refractivity (Wildman–Crippen MR) is 166 cm³/mol. The number of Topliss-reactive ketones (excluding diaryl/α,β-unsaturated/α-hetero) is 2. The van der Waals surface area contributed by atoms with E-state index in [2.05, 4.69) is 0 Å². The van der Waals surface area contributed by atoms with Gasteiger partial charge in [-0.15, -0.1) is 0 Å². The number of rotatable bonds is 8. The van der Waals surface area contributed by atoms with E-state index in [0.717, 1.165) is 17.0 Å². The maximum Gasteiger partial charge on any atom is 0.305 e. The van der Waals surface area contributed by atoms with E-state index in [1.54, 1.807) is 18.2 Å². The number of allylic oxidation sites excluding steroid dienone is 4. The monoisotopic (exact) mass is 625 g/mol. The molecule has 0 aromatic heterocycles. The molecule has 7 nitrogen and oxygen atoms in total. The molecule has 2 aromatic carbocycles. The minimum atomic E-state index is -0.932. The molecule has 3 aliphatic rings. The van der Waals surface area contributed by atoms with Crippen LogP contribution in [-0.4, -0.2) is 41.2 Å². The van der Waals surface area contributed by atoms with Crippen LogP contribution in [0.4, 0.5) is 0 Å². The predicted octanol–water partition coefficient (Wildman–Crippen LogP) is 7.74. The Morgan fingerprint density at radius 1 is 0.930 bits per heavy atom. The summed E-state index contributed by atoms with van der Waals surface area (Å²) in [5, 5.41) is 10.4. The summed E-state index contributed by atoms with van der Waals surface area (Å²) in [4.78, 5) is 41.6.